The van der Waals surface area contributed by atoms with Crippen molar-refractivity contribution in [2.75, 3.05) is 6.61 Å². The first-order valence-corrected chi connectivity index (χ1v) is 20.1. The number of esters is 1. The van der Waals surface area contributed by atoms with Gasteiger partial charge < -0.3 is 30.0 Å². The number of fused-ring (bicyclic) bond motifs is 2. The standard InChI is InChI=1S/C21H33N3O4.C19H29N3O4/c1-5-27-19(25)18-16-13-14(22-20(26)28-21(2,3)4)11-12-17(16)24(23-18)15-9-7-6-8-10-15;1-19(2,3)26-18(25)20-12-9-10-15-14(11-12)16(17(23)24)21-22(15)13-7-5-4-6-8-13/h14-15H,5-13H2,1-4H3,(H,22,26);12-13H,4-11H2,1-3H3,(H,20,25)(H,23,24). The number of rotatable bonds is 7. The summed E-state index contributed by atoms with van der Waals surface area (Å²) in [5.74, 6) is -1.36. The molecule has 0 bridgehead atoms. The topological polar surface area (TPSA) is 176 Å². The van der Waals surface area contributed by atoms with Crippen LogP contribution in [0.3, 0.4) is 0 Å². The van der Waals surface area contributed by atoms with E-state index in [9.17, 15) is 24.3 Å². The average molecular weight is 755 g/mol. The third kappa shape index (κ3) is 10.8. The minimum atomic E-state index is -0.992. The Bertz CT molecular complexity index is 1640. The number of nitrogens with zero attached hydrogens (tertiary/aromatic N) is 4. The predicted octanol–water partition coefficient (Wildman–Crippen LogP) is 7.42. The van der Waals surface area contributed by atoms with Crippen molar-refractivity contribution in [1.29, 1.82) is 0 Å². The van der Waals surface area contributed by atoms with E-state index in [-0.39, 0.29) is 23.7 Å². The molecule has 4 aliphatic rings. The molecule has 0 aliphatic heterocycles. The van der Waals surface area contributed by atoms with Gasteiger partial charge in [-0.2, -0.15) is 10.2 Å². The minimum absolute atomic E-state index is 0.0699. The third-order valence-electron chi connectivity index (χ3n) is 10.6. The van der Waals surface area contributed by atoms with Crippen LogP contribution in [-0.2, 0) is 39.9 Å². The first kappa shape index (κ1) is 41.1. The van der Waals surface area contributed by atoms with Gasteiger partial charge in [-0.05, 0) is 113 Å². The molecule has 14 heteroatoms. The Balaban J connectivity index is 0.000000208. The maximum Gasteiger partial charge on any atom is 0.407 e. The number of aromatic nitrogens is 4. The zero-order valence-electron chi connectivity index (χ0n) is 33.4. The summed E-state index contributed by atoms with van der Waals surface area (Å²) in [7, 11) is 0. The molecule has 4 aliphatic carbocycles. The summed E-state index contributed by atoms with van der Waals surface area (Å²) in [4.78, 5) is 48.4. The Hall–Kier alpha value is -4.10. The van der Waals surface area contributed by atoms with Gasteiger partial charge in [0, 0.05) is 34.6 Å². The molecular weight excluding hydrogens is 692 g/mol. The lowest BCUT2D eigenvalue weighted by atomic mass is 9.90. The predicted molar refractivity (Wildman–Crippen MR) is 202 cm³/mol. The van der Waals surface area contributed by atoms with Gasteiger partial charge in [0.05, 0.1) is 18.7 Å². The number of carbonyl (C=O) groups is 4. The van der Waals surface area contributed by atoms with Crippen molar-refractivity contribution in [3.05, 3.63) is 33.9 Å². The monoisotopic (exact) mass is 754 g/mol. The van der Waals surface area contributed by atoms with Gasteiger partial charge in [0.15, 0.2) is 11.4 Å². The largest absolute Gasteiger partial charge is 0.476 e. The summed E-state index contributed by atoms with van der Waals surface area (Å²) in [5.41, 5.74) is 3.34. The Morgan fingerprint density at radius 2 is 1.07 bits per heavy atom. The molecule has 54 heavy (non-hydrogen) atoms. The van der Waals surface area contributed by atoms with E-state index in [1.54, 1.807) is 6.92 Å². The first-order chi connectivity index (χ1) is 25.5. The van der Waals surface area contributed by atoms with Crippen LogP contribution in [0.4, 0.5) is 9.59 Å². The zero-order chi connectivity index (χ0) is 39.2. The molecule has 2 fully saturated rings. The summed E-state index contributed by atoms with van der Waals surface area (Å²) < 4.78 is 20.0. The van der Waals surface area contributed by atoms with Crippen molar-refractivity contribution in [1.82, 2.24) is 30.2 Å². The smallest absolute Gasteiger partial charge is 0.407 e. The number of nitrogens with one attached hydrogen (secondary N) is 2. The Labute approximate surface area is 319 Å². The molecule has 0 spiro atoms. The lowest BCUT2D eigenvalue weighted by molar-refractivity contribution is 0.0486. The van der Waals surface area contributed by atoms with E-state index >= 15 is 0 Å². The van der Waals surface area contributed by atoms with E-state index in [1.165, 1.54) is 38.5 Å². The fraction of sp³-hybridized carbons (Fsp3) is 0.750. The number of ether oxygens (including phenoxy) is 3. The molecule has 3 N–H and O–H groups in total. The summed E-state index contributed by atoms with van der Waals surface area (Å²) in [6, 6.07) is 0.473. The molecule has 2 atom stereocenters. The fourth-order valence-electron chi connectivity index (χ4n) is 8.27. The molecule has 2 aromatic heterocycles. The molecule has 300 valence electrons. The molecule has 2 saturated carbocycles. The van der Waals surface area contributed by atoms with Crippen LogP contribution in [0, 0.1) is 0 Å². The molecule has 2 aromatic rings. The highest BCUT2D eigenvalue weighted by molar-refractivity contribution is 5.89. The molecule has 2 heterocycles. The van der Waals surface area contributed by atoms with Crippen LogP contribution < -0.4 is 10.6 Å². The van der Waals surface area contributed by atoms with Crippen molar-refractivity contribution in [3.8, 4) is 0 Å². The Morgan fingerprint density at radius 3 is 1.46 bits per heavy atom. The van der Waals surface area contributed by atoms with Crippen LogP contribution in [0.2, 0.25) is 0 Å². The van der Waals surface area contributed by atoms with Gasteiger partial charge in [0.25, 0.3) is 0 Å². The van der Waals surface area contributed by atoms with Crippen molar-refractivity contribution in [2.45, 2.75) is 187 Å². The van der Waals surface area contributed by atoms with Gasteiger partial charge in [-0.25, -0.2) is 19.2 Å². The molecule has 0 radical (unpaired) electrons. The first-order valence-electron chi connectivity index (χ1n) is 20.1. The summed E-state index contributed by atoms with van der Waals surface area (Å²) in [6.45, 7) is 13.1. The summed E-state index contributed by atoms with van der Waals surface area (Å²) >= 11 is 0. The normalized spacial score (nSPS) is 20.7. The second-order valence-electron chi connectivity index (χ2n) is 17.2. The van der Waals surface area contributed by atoms with Crippen LogP contribution in [0.25, 0.3) is 0 Å². The lowest BCUT2D eigenvalue weighted by Crippen LogP contribution is -2.42. The lowest BCUT2D eigenvalue weighted by Gasteiger charge is -2.28. The van der Waals surface area contributed by atoms with Crippen LogP contribution in [0.5, 0.6) is 0 Å². The van der Waals surface area contributed by atoms with Gasteiger partial charge in [-0.15, -0.1) is 0 Å². The number of alkyl carbamates (subject to hydrolysis) is 2. The van der Waals surface area contributed by atoms with Crippen LogP contribution in [0.15, 0.2) is 0 Å². The van der Waals surface area contributed by atoms with Gasteiger partial charge in [-0.1, -0.05) is 38.5 Å². The average Bonchev–Trinajstić information content (AvgIpc) is 3.67. The van der Waals surface area contributed by atoms with E-state index in [2.05, 4.69) is 20.4 Å². The molecular formula is C40H62N6O8. The van der Waals surface area contributed by atoms with Crippen molar-refractivity contribution < 1.29 is 38.5 Å². The molecule has 2 unspecified atom stereocenters. The fourth-order valence-corrected chi connectivity index (χ4v) is 8.27. The second kappa shape index (κ2) is 17.6. The Kier molecular flexibility index (Phi) is 13.4. The molecule has 2 amide bonds. The molecule has 0 saturated heterocycles. The summed E-state index contributed by atoms with van der Waals surface area (Å²) in [6.07, 6.45) is 14.9. The van der Waals surface area contributed by atoms with Crippen molar-refractivity contribution in [3.63, 3.8) is 0 Å². The van der Waals surface area contributed by atoms with Crippen molar-refractivity contribution in [2.24, 2.45) is 0 Å². The minimum Gasteiger partial charge on any atom is -0.476 e. The molecule has 0 aromatic carbocycles. The number of hydrogen-bond acceptors (Lipinski definition) is 9. The Morgan fingerprint density at radius 1 is 0.667 bits per heavy atom. The van der Waals surface area contributed by atoms with Crippen LogP contribution in [-0.4, -0.2) is 78.7 Å². The third-order valence-corrected chi connectivity index (χ3v) is 10.6. The molecule has 14 nitrogen and oxygen atoms in total. The van der Waals surface area contributed by atoms with Gasteiger partial charge >= 0.3 is 24.1 Å². The highest BCUT2D eigenvalue weighted by atomic mass is 16.6. The van der Waals surface area contributed by atoms with Gasteiger partial charge in [0.2, 0.25) is 0 Å². The van der Waals surface area contributed by atoms with E-state index in [1.807, 2.05) is 46.2 Å². The zero-order valence-corrected chi connectivity index (χ0v) is 33.4. The number of amides is 2. The maximum absolute atomic E-state index is 12.5. The molecule has 6 rings (SSSR count). The van der Waals surface area contributed by atoms with Crippen LogP contribution in [0.1, 0.15) is 181 Å². The van der Waals surface area contributed by atoms with Gasteiger partial charge in [0.1, 0.15) is 11.2 Å². The summed E-state index contributed by atoms with van der Waals surface area (Å²) in [5, 5.41) is 24.6. The number of carbonyl (C=O) groups excluding carboxylic acids is 3. The number of carboxylic acid groups (broad SMARTS) is 1. The van der Waals surface area contributed by atoms with Crippen LogP contribution >= 0.6 is 0 Å². The van der Waals surface area contributed by atoms with Gasteiger partial charge in [-0.3, -0.25) is 9.36 Å². The van der Waals surface area contributed by atoms with E-state index in [4.69, 9.17) is 19.3 Å². The number of carboxylic acids is 1. The second-order valence-corrected chi connectivity index (χ2v) is 17.2. The SMILES string of the molecule is CC(C)(C)OC(=O)NC1CCc2c(c(C(=O)O)nn2C2CCCCC2)C1.CCOC(=O)c1nn(C2CCCCC2)c2c1CC(NC(=O)OC(C)(C)C)CC2. The van der Waals surface area contributed by atoms with E-state index in [0.29, 0.717) is 37.2 Å². The number of aromatic carboxylic acids is 1. The van der Waals surface area contributed by atoms with Crippen molar-refractivity contribution >= 4 is 24.1 Å². The highest BCUT2D eigenvalue weighted by Gasteiger charge is 2.35. The number of hydrogen-bond donors (Lipinski definition) is 3. The maximum atomic E-state index is 12.5. The van der Waals surface area contributed by atoms with E-state index in [0.717, 1.165) is 73.9 Å². The van der Waals surface area contributed by atoms with E-state index < -0.39 is 29.4 Å². The quantitative estimate of drug-likeness (QED) is 0.191. The highest BCUT2D eigenvalue weighted by Crippen LogP contribution is 2.35.